The number of esters is 1. The summed E-state index contributed by atoms with van der Waals surface area (Å²) in [6.07, 6.45) is 1.83. The van der Waals surface area contributed by atoms with Crippen molar-refractivity contribution in [1.29, 1.82) is 5.26 Å². The number of pyridine rings is 1. The minimum Gasteiger partial charge on any atom is -0.461 e. The van der Waals surface area contributed by atoms with Gasteiger partial charge in [0, 0.05) is 0 Å². The van der Waals surface area contributed by atoms with Crippen molar-refractivity contribution in [1.82, 2.24) is 4.98 Å². The SMILES string of the molecule is CCCCOC(=O)c1ccc(C#N)c(C)n1. The molecule has 4 heteroatoms. The van der Waals surface area contributed by atoms with Crippen LogP contribution in [0.4, 0.5) is 0 Å². The maximum absolute atomic E-state index is 11.5. The van der Waals surface area contributed by atoms with Crippen LogP contribution in [0.25, 0.3) is 0 Å². The van der Waals surface area contributed by atoms with Gasteiger partial charge < -0.3 is 4.74 Å². The van der Waals surface area contributed by atoms with Crippen LogP contribution in [0.5, 0.6) is 0 Å². The molecule has 0 amide bonds. The Morgan fingerprint density at radius 2 is 2.31 bits per heavy atom. The quantitative estimate of drug-likeness (QED) is 0.574. The Morgan fingerprint density at radius 1 is 1.56 bits per heavy atom. The summed E-state index contributed by atoms with van der Waals surface area (Å²) in [6, 6.07) is 5.09. The third kappa shape index (κ3) is 3.06. The molecule has 16 heavy (non-hydrogen) atoms. The van der Waals surface area contributed by atoms with Crippen molar-refractivity contribution < 1.29 is 9.53 Å². The first kappa shape index (κ1) is 12.2. The van der Waals surface area contributed by atoms with Gasteiger partial charge in [0.25, 0.3) is 0 Å². The van der Waals surface area contributed by atoms with E-state index in [9.17, 15) is 4.79 Å². The number of unbranched alkanes of at least 4 members (excludes halogenated alkanes) is 1. The van der Waals surface area contributed by atoms with E-state index in [0.717, 1.165) is 12.8 Å². The molecule has 1 aromatic rings. The van der Waals surface area contributed by atoms with Gasteiger partial charge in [0.05, 0.1) is 17.9 Å². The normalized spacial score (nSPS) is 9.56. The van der Waals surface area contributed by atoms with Crippen molar-refractivity contribution in [2.45, 2.75) is 26.7 Å². The third-order valence-corrected chi connectivity index (χ3v) is 2.15. The Hall–Kier alpha value is -1.89. The second kappa shape index (κ2) is 5.86. The molecular weight excluding hydrogens is 204 g/mol. The van der Waals surface area contributed by atoms with E-state index in [1.165, 1.54) is 6.07 Å². The first-order chi connectivity index (χ1) is 7.69. The van der Waals surface area contributed by atoms with Gasteiger partial charge in [-0.15, -0.1) is 0 Å². The number of nitrogens with zero attached hydrogens (tertiary/aromatic N) is 2. The molecule has 0 spiro atoms. The van der Waals surface area contributed by atoms with Gasteiger partial charge >= 0.3 is 5.97 Å². The van der Waals surface area contributed by atoms with E-state index in [4.69, 9.17) is 10.00 Å². The van der Waals surface area contributed by atoms with Crippen LogP contribution >= 0.6 is 0 Å². The van der Waals surface area contributed by atoms with Crippen molar-refractivity contribution in [2.75, 3.05) is 6.61 Å². The van der Waals surface area contributed by atoms with Gasteiger partial charge in [-0.3, -0.25) is 0 Å². The largest absolute Gasteiger partial charge is 0.461 e. The number of aryl methyl sites for hydroxylation is 1. The number of hydrogen-bond acceptors (Lipinski definition) is 4. The number of ether oxygens (including phenoxy) is 1. The van der Waals surface area contributed by atoms with E-state index in [1.54, 1.807) is 13.0 Å². The molecule has 4 nitrogen and oxygen atoms in total. The lowest BCUT2D eigenvalue weighted by Gasteiger charge is -2.04. The summed E-state index contributed by atoms with van der Waals surface area (Å²) in [4.78, 5) is 15.5. The number of carbonyl (C=O) groups excluding carboxylic acids is 1. The van der Waals surface area contributed by atoms with E-state index >= 15 is 0 Å². The summed E-state index contributed by atoms with van der Waals surface area (Å²) in [5.41, 5.74) is 1.28. The molecule has 0 saturated heterocycles. The van der Waals surface area contributed by atoms with Crippen molar-refractivity contribution in [2.24, 2.45) is 0 Å². The van der Waals surface area contributed by atoms with Crippen LogP contribution in [-0.4, -0.2) is 17.6 Å². The number of nitriles is 1. The first-order valence-corrected chi connectivity index (χ1v) is 5.24. The van der Waals surface area contributed by atoms with Crippen molar-refractivity contribution in [3.8, 4) is 6.07 Å². The summed E-state index contributed by atoms with van der Waals surface area (Å²) in [7, 11) is 0. The fraction of sp³-hybridized carbons (Fsp3) is 0.417. The van der Waals surface area contributed by atoms with E-state index < -0.39 is 5.97 Å². The number of hydrogen-bond donors (Lipinski definition) is 0. The molecule has 0 radical (unpaired) electrons. The highest BCUT2D eigenvalue weighted by atomic mass is 16.5. The van der Waals surface area contributed by atoms with Crippen molar-refractivity contribution >= 4 is 5.97 Å². The van der Waals surface area contributed by atoms with Crippen LogP contribution in [0.3, 0.4) is 0 Å². The van der Waals surface area contributed by atoms with Gasteiger partial charge in [-0.25, -0.2) is 9.78 Å². The summed E-state index contributed by atoms with van der Waals surface area (Å²) >= 11 is 0. The van der Waals surface area contributed by atoms with Gasteiger partial charge in [0.1, 0.15) is 11.8 Å². The minimum atomic E-state index is -0.430. The maximum Gasteiger partial charge on any atom is 0.356 e. The zero-order chi connectivity index (χ0) is 12.0. The number of rotatable bonds is 4. The lowest BCUT2D eigenvalue weighted by molar-refractivity contribution is 0.0492. The molecule has 0 N–H and O–H groups in total. The second-order valence-corrected chi connectivity index (χ2v) is 3.43. The predicted octanol–water partition coefficient (Wildman–Crippen LogP) is 2.22. The number of aromatic nitrogens is 1. The van der Waals surface area contributed by atoms with Crippen molar-refractivity contribution in [3.63, 3.8) is 0 Å². The monoisotopic (exact) mass is 218 g/mol. The van der Waals surface area contributed by atoms with Gasteiger partial charge in [-0.05, 0) is 25.5 Å². The maximum atomic E-state index is 11.5. The topological polar surface area (TPSA) is 63.0 Å². The van der Waals surface area contributed by atoms with Crippen LogP contribution in [-0.2, 0) is 4.74 Å². The molecule has 1 aromatic heterocycles. The highest BCUT2D eigenvalue weighted by Gasteiger charge is 2.10. The van der Waals surface area contributed by atoms with Crippen LogP contribution in [0.1, 0.15) is 41.5 Å². The molecule has 0 unspecified atom stereocenters. The molecule has 1 rings (SSSR count). The molecular formula is C12H14N2O2. The summed E-state index contributed by atoms with van der Waals surface area (Å²) in [6.45, 7) is 4.13. The van der Waals surface area contributed by atoms with Gasteiger partial charge in [-0.2, -0.15) is 5.26 Å². The molecule has 0 aliphatic rings. The first-order valence-electron chi connectivity index (χ1n) is 5.24. The summed E-state index contributed by atoms with van der Waals surface area (Å²) in [5, 5.41) is 8.72. The van der Waals surface area contributed by atoms with Crippen LogP contribution in [0.15, 0.2) is 12.1 Å². The lowest BCUT2D eigenvalue weighted by atomic mass is 10.2. The average molecular weight is 218 g/mol. The Labute approximate surface area is 94.9 Å². The molecule has 0 fully saturated rings. The minimum absolute atomic E-state index is 0.257. The van der Waals surface area contributed by atoms with E-state index in [0.29, 0.717) is 17.9 Å². The fourth-order valence-electron chi connectivity index (χ4n) is 1.18. The zero-order valence-corrected chi connectivity index (χ0v) is 9.49. The average Bonchev–Trinajstić information content (AvgIpc) is 2.29. The molecule has 1 heterocycles. The standard InChI is InChI=1S/C12H14N2O2/c1-3-4-7-16-12(15)11-6-5-10(8-13)9(2)14-11/h5-6H,3-4,7H2,1-2H3. The van der Waals surface area contributed by atoms with Crippen LogP contribution in [0, 0.1) is 18.3 Å². The highest BCUT2D eigenvalue weighted by Crippen LogP contribution is 2.06. The molecule has 0 atom stereocenters. The Balaban J connectivity index is 2.70. The highest BCUT2D eigenvalue weighted by molar-refractivity contribution is 5.87. The lowest BCUT2D eigenvalue weighted by Crippen LogP contribution is -2.09. The molecule has 0 aromatic carbocycles. The van der Waals surface area contributed by atoms with Gasteiger partial charge in [-0.1, -0.05) is 13.3 Å². The molecule has 0 saturated carbocycles. The Bertz CT molecular complexity index is 422. The zero-order valence-electron chi connectivity index (χ0n) is 9.49. The molecule has 84 valence electrons. The molecule has 0 aliphatic heterocycles. The summed E-state index contributed by atoms with van der Waals surface area (Å²) < 4.78 is 5.01. The van der Waals surface area contributed by atoms with E-state index in [2.05, 4.69) is 4.98 Å². The number of carbonyl (C=O) groups is 1. The van der Waals surface area contributed by atoms with Crippen LogP contribution in [0.2, 0.25) is 0 Å². The second-order valence-electron chi connectivity index (χ2n) is 3.43. The Morgan fingerprint density at radius 3 is 2.88 bits per heavy atom. The Kier molecular flexibility index (Phi) is 4.46. The van der Waals surface area contributed by atoms with Gasteiger partial charge in [0.15, 0.2) is 0 Å². The van der Waals surface area contributed by atoms with E-state index in [-0.39, 0.29) is 5.69 Å². The smallest absolute Gasteiger partial charge is 0.356 e. The molecule has 0 bridgehead atoms. The van der Waals surface area contributed by atoms with Gasteiger partial charge in [0.2, 0.25) is 0 Å². The fourth-order valence-corrected chi connectivity index (χ4v) is 1.18. The third-order valence-electron chi connectivity index (χ3n) is 2.15. The predicted molar refractivity (Wildman–Crippen MR) is 58.9 cm³/mol. The van der Waals surface area contributed by atoms with Crippen molar-refractivity contribution in [3.05, 3.63) is 29.1 Å². The summed E-state index contributed by atoms with van der Waals surface area (Å²) in [5.74, 6) is -0.430. The van der Waals surface area contributed by atoms with Crippen LogP contribution < -0.4 is 0 Å². The van der Waals surface area contributed by atoms with E-state index in [1.807, 2.05) is 13.0 Å². The molecule has 0 aliphatic carbocycles.